The molecule has 0 saturated heterocycles. The van der Waals surface area contributed by atoms with Crippen LogP contribution in [0.5, 0.6) is 11.5 Å². The average molecular weight is 262 g/mol. The highest BCUT2D eigenvalue weighted by Crippen LogP contribution is 2.62. The van der Waals surface area contributed by atoms with Crippen LogP contribution in [0.1, 0.15) is 36.5 Å². The van der Waals surface area contributed by atoms with Crippen molar-refractivity contribution in [2.24, 2.45) is 17.8 Å². The largest absolute Gasteiger partial charge is 0.493 e. The Labute approximate surface area is 114 Å². The van der Waals surface area contributed by atoms with E-state index in [1.165, 1.54) is 19.3 Å². The summed E-state index contributed by atoms with van der Waals surface area (Å²) in [6.07, 6.45) is 3.57. The first-order chi connectivity index (χ1) is 9.17. The van der Waals surface area contributed by atoms with Crippen molar-refractivity contribution in [3.05, 3.63) is 23.3 Å². The van der Waals surface area contributed by atoms with Crippen molar-refractivity contribution >= 4 is 0 Å². The molecule has 2 aliphatic carbocycles. The Morgan fingerprint density at radius 3 is 2.26 bits per heavy atom. The molecule has 0 bridgehead atoms. The van der Waals surface area contributed by atoms with Gasteiger partial charge < -0.3 is 14.6 Å². The lowest BCUT2D eigenvalue weighted by atomic mass is 9.95. The minimum atomic E-state index is -0.352. The molecule has 104 valence electrons. The lowest BCUT2D eigenvalue weighted by molar-refractivity contribution is 0.136. The Bertz CT molecular complexity index is 473. The van der Waals surface area contributed by atoms with Crippen LogP contribution < -0.4 is 9.47 Å². The lowest BCUT2D eigenvalue weighted by Gasteiger charge is -2.18. The van der Waals surface area contributed by atoms with Crippen molar-refractivity contribution in [1.29, 1.82) is 0 Å². The second kappa shape index (κ2) is 4.71. The van der Waals surface area contributed by atoms with E-state index in [1.54, 1.807) is 14.2 Å². The van der Waals surface area contributed by atoms with Gasteiger partial charge in [-0.15, -0.1) is 0 Å². The van der Waals surface area contributed by atoms with Crippen molar-refractivity contribution in [2.45, 2.75) is 32.3 Å². The first kappa shape index (κ1) is 12.8. The van der Waals surface area contributed by atoms with E-state index in [0.717, 1.165) is 28.7 Å². The van der Waals surface area contributed by atoms with Crippen molar-refractivity contribution in [2.75, 3.05) is 14.2 Å². The van der Waals surface area contributed by atoms with Gasteiger partial charge in [-0.2, -0.15) is 0 Å². The molecule has 3 heteroatoms. The number of aryl methyl sites for hydroxylation is 1. The predicted octanol–water partition coefficient (Wildman–Crippen LogP) is 3.09. The van der Waals surface area contributed by atoms with Crippen LogP contribution in [0.4, 0.5) is 0 Å². The van der Waals surface area contributed by atoms with Gasteiger partial charge in [0.15, 0.2) is 11.5 Å². The molecule has 0 amide bonds. The van der Waals surface area contributed by atoms with E-state index in [9.17, 15) is 5.11 Å². The Morgan fingerprint density at radius 1 is 1.11 bits per heavy atom. The quantitative estimate of drug-likeness (QED) is 0.906. The zero-order valence-corrected chi connectivity index (χ0v) is 11.8. The Kier molecular flexibility index (Phi) is 3.17. The van der Waals surface area contributed by atoms with Crippen molar-refractivity contribution in [1.82, 2.24) is 0 Å². The molecule has 19 heavy (non-hydrogen) atoms. The van der Waals surface area contributed by atoms with E-state index in [4.69, 9.17) is 9.47 Å². The number of rotatable bonds is 4. The van der Waals surface area contributed by atoms with E-state index in [0.29, 0.717) is 11.7 Å². The number of hydrogen-bond donors (Lipinski definition) is 1. The molecule has 0 heterocycles. The predicted molar refractivity (Wildman–Crippen MR) is 73.6 cm³/mol. The van der Waals surface area contributed by atoms with Gasteiger partial charge in [0.1, 0.15) is 0 Å². The van der Waals surface area contributed by atoms with E-state index in [-0.39, 0.29) is 6.10 Å². The zero-order valence-electron chi connectivity index (χ0n) is 11.8. The summed E-state index contributed by atoms with van der Waals surface area (Å²) in [6.45, 7) is 2.03. The van der Waals surface area contributed by atoms with Crippen LogP contribution in [-0.4, -0.2) is 19.3 Å². The molecule has 2 fully saturated rings. The highest BCUT2D eigenvalue weighted by atomic mass is 16.5. The topological polar surface area (TPSA) is 38.7 Å². The molecule has 0 aliphatic heterocycles. The smallest absolute Gasteiger partial charge is 0.161 e. The number of benzene rings is 1. The van der Waals surface area contributed by atoms with Crippen molar-refractivity contribution < 1.29 is 14.6 Å². The summed E-state index contributed by atoms with van der Waals surface area (Å²) in [7, 11) is 3.27. The summed E-state index contributed by atoms with van der Waals surface area (Å²) < 4.78 is 10.6. The standard InChI is InChI=1S/C16H22O3/c1-9-7-13(18-2)14(19-3)8-12(9)16(17)15-10-5-4-6-11(10)15/h7-8,10-11,15-17H,4-6H2,1-3H3. The van der Waals surface area contributed by atoms with Gasteiger partial charge in [-0.3, -0.25) is 0 Å². The molecule has 2 aliphatic rings. The summed E-state index contributed by atoms with van der Waals surface area (Å²) in [5, 5.41) is 10.6. The second-order valence-electron chi connectivity index (χ2n) is 5.84. The van der Waals surface area contributed by atoms with Crippen LogP contribution in [0.15, 0.2) is 12.1 Å². The molecular weight excluding hydrogens is 240 g/mol. The molecule has 3 atom stereocenters. The van der Waals surface area contributed by atoms with Crippen LogP contribution in [0.3, 0.4) is 0 Å². The van der Waals surface area contributed by atoms with Crippen LogP contribution in [0, 0.1) is 24.7 Å². The van der Waals surface area contributed by atoms with Crippen molar-refractivity contribution in [3.63, 3.8) is 0 Å². The van der Waals surface area contributed by atoms with Gasteiger partial charge in [-0.25, -0.2) is 0 Å². The molecule has 0 spiro atoms. The van der Waals surface area contributed by atoms with Gasteiger partial charge in [-0.05, 0) is 60.8 Å². The minimum absolute atomic E-state index is 0.352. The molecule has 1 N–H and O–H groups in total. The normalized spacial score (nSPS) is 29.8. The monoisotopic (exact) mass is 262 g/mol. The number of aliphatic hydroxyl groups is 1. The third kappa shape index (κ3) is 2.00. The zero-order chi connectivity index (χ0) is 13.6. The summed E-state index contributed by atoms with van der Waals surface area (Å²) >= 11 is 0. The van der Waals surface area contributed by atoms with Gasteiger partial charge in [0.05, 0.1) is 20.3 Å². The summed E-state index contributed by atoms with van der Waals surface area (Å²) in [6, 6.07) is 3.89. The molecule has 3 nitrogen and oxygen atoms in total. The third-order valence-electron chi connectivity index (χ3n) is 4.93. The first-order valence-corrected chi connectivity index (χ1v) is 7.08. The van der Waals surface area contributed by atoms with Crippen molar-refractivity contribution in [3.8, 4) is 11.5 Å². The maximum absolute atomic E-state index is 10.6. The average Bonchev–Trinajstić information content (AvgIpc) is 2.90. The molecule has 1 aromatic rings. The first-order valence-electron chi connectivity index (χ1n) is 7.08. The molecular formula is C16H22O3. The Hall–Kier alpha value is -1.22. The Morgan fingerprint density at radius 2 is 1.68 bits per heavy atom. The SMILES string of the molecule is COc1cc(C)c(C(O)C2C3CCCC32)cc1OC. The summed E-state index contributed by atoms with van der Waals surface area (Å²) in [4.78, 5) is 0. The minimum Gasteiger partial charge on any atom is -0.493 e. The highest BCUT2D eigenvalue weighted by molar-refractivity contribution is 5.48. The van der Waals surface area contributed by atoms with Crippen LogP contribution in [0.2, 0.25) is 0 Å². The van der Waals surface area contributed by atoms with Gasteiger partial charge >= 0.3 is 0 Å². The molecule has 3 rings (SSSR count). The van der Waals surface area contributed by atoms with Crippen LogP contribution in [0.25, 0.3) is 0 Å². The molecule has 0 radical (unpaired) electrons. The fourth-order valence-corrected chi connectivity index (χ4v) is 3.87. The van der Waals surface area contributed by atoms with Gasteiger partial charge in [0.25, 0.3) is 0 Å². The van der Waals surface area contributed by atoms with E-state index in [1.807, 2.05) is 19.1 Å². The van der Waals surface area contributed by atoms with Gasteiger partial charge in [-0.1, -0.05) is 6.42 Å². The van der Waals surface area contributed by atoms with Crippen LogP contribution >= 0.6 is 0 Å². The molecule has 1 aromatic carbocycles. The number of aliphatic hydroxyl groups excluding tert-OH is 1. The maximum Gasteiger partial charge on any atom is 0.161 e. The lowest BCUT2D eigenvalue weighted by Crippen LogP contribution is -2.07. The maximum atomic E-state index is 10.6. The highest BCUT2D eigenvalue weighted by Gasteiger charge is 2.56. The summed E-state index contributed by atoms with van der Waals surface area (Å²) in [5.74, 6) is 3.40. The number of hydrogen-bond acceptors (Lipinski definition) is 3. The van der Waals surface area contributed by atoms with Gasteiger partial charge in [0.2, 0.25) is 0 Å². The van der Waals surface area contributed by atoms with Gasteiger partial charge in [0, 0.05) is 0 Å². The fourth-order valence-electron chi connectivity index (χ4n) is 3.87. The van der Waals surface area contributed by atoms with E-state index < -0.39 is 0 Å². The Balaban J connectivity index is 1.87. The molecule has 2 saturated carbocycles. The van der Waals surface area contributed by atoms with E-state index in [2.05, 4.69) is 0 Å². The second-order valence-corrected chi connectivity index (χ2v) is 5.84. The fraction of sp³-hybridized carbons (Fsp3) is 0.625. The third-order valence-corrected chi connectivity index (χ3v) is 4.93. The molecule has 0 aromatic heterocycles. The van der Waals surface area contributed by atoms with Crippen LogP contribution in [-0.2, 0) is 0 Å². The number of methoxy groups -OCH3 is 2. The number of ether oxygens (including phenoxy) is 2. The number of fused-ring (bicyclic) bond motifs is 1. The summed E-state index contributed by atoms with van der Waals surface area (Å²) in [5.41, 5.74) is 2.08. The molecule has 3 unspecified atom stereocenters. The van der Waals surface area contributed by atoms with E-state index >= 15 is 0 Å².